The maximum Gasteiger partial charge on any atom is 0.270 e. The van der Waals surface area contributed by atoms with Crippen molar-refractivity contribution in [3.8, 4) is 5.75 Å². The minimum absolute atomic E-state index is 0.0875. The van der Waals surface area contributed by atoms with Crippen LogP contribution in [0.2, 0.25) is 0 Å². The minimum Gasteiger partial charge on any atom is -0.476 e. The third-order valence-electron chi connectivity index (χ3n) is 2.71. The lowest BCUT2D eigenvalue weighted by molar-refractivity contribution is -0.132. The molecule has 1 aromatic rings. The molecule has 1 heterocycles. The summed E-state index contributed by atoms with van der Waals surface area (Å²) >= 11 is 0. The summed E-state index contributed by atoms with van der Waals surface area (Å²) < 4.78 is 5.68. The van der Waals surface area contributed by atoms with E-state index in [0.29, 0.717) is 23.7 Å². The zero-order chi connectivity index (χ0) is 12.6. The molecule has 1 aliphatic heterocycles. The minimum atomic E-state index is -0.855. The summed E-state index contributed by atoms with van der Waals surface area (Å²) in [7, 11) is 0. The highest BCUT2D eigenvalue weighted by Crippen LogP contribution is 2.38. The monoisotopic (exact) mass is 232 g/mol. The Morgan fingerprint density at radius 3 is 2.88 bits per heavy atom. The van der Waals surface area contributed by atoms with Crippen LogP contribution in [-0.4, -0.2) is 18.1 Å². The number of rotatable bonds is 2. The Balaban J connectivity index is 2.54. The number of amides is 1. The molecule has 2 N–H and O–H groups in total. The number of nitrogens with two attached hydrogens (primary N) is 1. The van der Waals surface area contributed by atoms with E-state index < -0.39 is 5.60 Å². The van der Waals surface area contributed by atoms with E-state index in [1.54, 1.807) is 43.0 Å². The van der Waals surface area contributed by atoms with Crippen molar-refractivity contribution in [3.05, 3.63) is 30.9 Å². The van der Waals surface area contributed by atoms with Crippen molar-refractivity contribution in [3.63, 3.8) is 0 Å². The molecule has 1 aromatic carbocycles. The van der Waals surface area contributed by atoms with Crippen molar-refractivity contribution in [2.45, 2.75) is 19.4 Å². The van der Waals surface area contributed by atoms with E-state index >= 15 is 0 Å². The third kappa shape index (κ3) is 1.86. The quantitative estimate of drug-likeness (QED) is 0.626. The highest BCUT2D eigenvalue weighted by Gasteiger charge is 2.40. The van der Waals surface area contributed by atoms with Crippen LogP contribution in [-0.2, 0) is 4.79 Å². The van der Waals surface area contributed by atoms with Gasteiger partial charge in [-0.3, -0.25) is 4.79 Å². The van der Waals surface area contributed by atoms with Crippen LogP contribution < -0.4 is 15.4 Å². The van der Waals surface area contributed by atoms with Gasteiger partial charge in [0.2, 0.25) is 0 Å². The SMILES string of the molecule is C=CCN1C(=O)C(C)(C)Oc2ccc(N)cc21. The lowest BCUT2D eigenvalue weighted by Gasteiger charge is -2.38. The van der Waals surface area contributed by atoms with Crippen molar-refractivity contribution in [1.82, 2.24) is 0 Å². The van der Waals surface area contributed by atoms with Crippen molar-refractivity contribution in [2.75, 3.05) is 17.2 Å². The zero-order valence-corrected chi connectivity index (χ0v) is 10.1. The molecule has 0 atom stereocenters. The van der Waals surface area contributed by atoms with Crippen LogP contribution in [0.5, 0.6) is 5.75 Å². The molecular formula is C13H16N2O2. The van der Waals surface area contributed by atoms with Crippen LogP contribution >= 0.6 is 0 Å². The van der Waals surface area contributed by atoms with Gasteiger partial charge in [-0.05, 0) is 32.0 Å². The predicted octanol–water partition coefficient (Wildman–Crippen LogP) is 1.96. The first kappa shape index (κ1) is 11.5. The Kier molecular flexibility index (Phi) is 2.58. The van der Waals surface area contributed by atoms with E-state index in [1.165, 1.54) is 0 Å². The molecule has 0 aromatic heterocycles. The number of hydrogen-bond donors (Lipinski definition) is 1. The second-order valence-electron chi connectivity index (χ2n) is 4.54. The number of benzene rings is 1. The highest BCUT2D eigenvalue weighted by atomic mass is 16.5. The molecule has 0 aliphatic carbocycles. The van der Waals surface area contributed by atoms with Gasteiger partial charge in [-0.1, -0.05) is 6.08 Å². The number of nitrogens with zero attached hydrogens (tertiary/aromatic N) is 1. The zero-order valence-electron chi connectivity index (χ0n) is 10.1. The van der Waals surface area contributed by atoms with E-state index in [1.807, 2.05) is 0 Å². The lowest BCUT2D eigenvalue weighted by Crippen LogP contribution is -2.52. The molecule has 0 saturated heterocycles. The summed E-state index contributed by atoms with van der Waals surface area (Å²) in [6, 6.07) is 5.29. The molecule has 0 unspecified atom stereocenters. The molecule has 17 heavy (non-hydrogen) atoms. The number of nitrogen functional groups attached to an aromatic ring is 1. The average molecular weight is 232 g/mol. The second kappa shape index (κ2) is 3.80. The van der Waals surface area contributed by atoms with E-state index in [0.717, 1.165) is 0 Å². The fourth-order valence-electron chi connectivity index (χ4n) is 1.89. The molecule has 0 saturated carbocycles. The van der Waals surface area contributed by atoms with E-state index in [4.69, 9.17) is 10.5 Å². The maximum atomic E-state index is 12.2. The highest BCUT2D eigenvalue weighted by molar-refractivity contribution is 6.02. The summed E-state index contributed by atoms with van der Waals surface area (Å²) in [6.07, 6.45) is 1.69. The van der Waals surface area contributed by atoms with Crippen molar-refractivity contribution < 1.29 is 9.53 Å². The lowest BCUT2D eigenvalue weighted by atomic mass is 10.0. The number of anilines is 2. The Hall–Kier alpha value is -1.97. The third-order valence-corrected chi connectivity index (χ3v) is 2.71. The fourth-order valence-corrected chi connectivity index (χ4v) is 1.89. The molecule has 1 aliphatic rings. The van der Waals surface area contributed by atoms with Crippen LogP contribution in [0, 0.1) is 0 Å². The summed E-state index contributed by atoms with van der Waals surface area (Å²) in [4.78, 5) is 13.9. The van der Waals surface area contributed by atoms with E-state index in [2.05, 4.69) is 6.58 Å². The largest absolute Gasteiger partial charge is 0.476 e. The fraction of sp³-hybridized carbons (Fsp3) is 0.308. The molecule has 0 radical (unpaired) electrons. The van der Waals surface area contributed by atoms with Gasteiger partial charge in [0.05, 0.1) is 5.69 Å². The molecule has 4 heteroatoms. The van der Waals surface area contributed by atoms with Crippen LogP contribution in [0.25, 0.3) is 0 Å². The second-order valence-corrected chi connectivity index (χ2v) is 4.54. The van der Waals surface area contributed by atoms with Gasteiger partial charge in [0.25, 0.3) is 5.91 Å². The van der Waals surface area contributed by atoms with Gasteiger partial charge in [0.1, 0.15) is 5.75 Å². The normalized spacial score (nSPS) is 17.3. The van der Waals surface area contributed by atoms with Gasteiger partial charge < -0.3 is 15.4 Å². The van der Waals surface area contributed by atoms with E-state index in [9.17, 15) is 4.79 Å². The molecule has 0 spiro atoms. The Labute approximate surface area is 101 Å². The Morgan fingerprint density at radius 2 is 2.24 bits per heavy atom. The number of carbonyl (C=O) groups excluding carboxylic acids is 1. The molecule has 0 bridgehead atoms. The predicted molar refractivity (Wildman–Crippen MR) is 68.1 cm³/mol. The van der Waals surface area contributed by atoms with Crippen molar-refractivity contribution >= 4 is 17.3 Å². The smallest absolute Gasteiger partial charge is 0.270 e. The van der Waals surface area contributed by atoms with Gasteiger partial charge in [0.15, 0.2) is 5.60 Å². The molecule has 0 fully saturated rings. The van der Waals surface area contributed by atoms with Crippen LogP contribution in [0.1, 0.15) is 13.8 Å². The topological polar surface area (TPSA) is 55.6 Å². The Bertz CT molecular complexity index is 480. The standard InChI is InChI=1S/C13H16N2O2/c1-4-7-15-10-8-9(14)5-6-11(10)17-13(2,3)12(15)16/h4-6,8H,1,7,14H2,2-3H3. The number of fused-ring (bicyclic) bond motifs is 1. The summed E-state index contributed by atoms with van der Waals surface area (Å²) in [5.41, 5.74) is 6.19. The first-order valence-corrected chi connectivity index (χ1v) is 5.47. The number of carbonyl (C=O) groups is 1. The summed E-state index contributed by atoms with van der Waals surface area (Å²) in [5.74, 6) is 0.584. The van der Waals surface area contributed by atoms with Gasteiger partial charge in [-0.15, -0.1) is 6.58 Å². The van der Waals surface area contributed by atoms with Crippen LogP contribution in [0.3, 0.4) is 0 Å². The van der Waals surface area contributed by atoms with Gasteiger partial charge in [0, 0.05) is 12.2 Å². The molecule has 4 nitrogen and oxygen atoms in total. The van der Waals surface area contributed by atoms with Crippen LogP contribution in [0.4, 0.5) is 11.4 Å². The Morgan fingerprint density at radius 1 is 1.53 bits per heavy atom. The van der Waals surface area contributed by atoms with E-state index in [-0.39, 0.29) is 5.91 Å². The van der Waals surface area contributed by atoms with Crippen molar-refractivity contribution in [2.24, 2.45) is 0 Å². The summed E-state index contributed by atoms with van der Waals surface area (Å²) in [5, 5.41) is 0. The maximum absolute atomic E-state index is 12.2. The molecule has 1 amide bonds. The average Bonchev–Trinajstić information content (AvgIpc) is 2.26. The molecular weight excluding hydrogens is 216 g/mol. The van der Waals surface area contributed by atoms with Gasteiger partial charge in [-0.2, -0.15) is 0 Å². The van der Waals surface area contributed by atoms with Gasteiger partial charge in [-0.25, -0.2) is 0 Å². The summed E-state index contributed by atoms with van der Waals surface area (Å²) in [6.45, 7) is 7.62. The van der Waals surface area contributed by atoms with Gasteiger partial charge >= 0.3 is 0 Å². The molecule has 2 rings (SSSR count). The van der Waals surface area contributed by atoms with Crippen molar-refractivity contribution in [1.29, 1.82) is 0 Å². The first-order chi connectivity index (χ1) is 7.95. The first-order valence-electron chi connectivity index (χ1n) is 5.47. The molecule has 90 valence electrons. The number of hydrogen-bond acceptors (Lipinski definition) is 3. The van der Waals surface area contributed by atoms with Crippen LogP contribution in [0.15, 0.2) is 30.9 Å². The number of ether oxygens (including phenoxy) is 1.